The number of hydrogen-bond acceptors (Lipinski definition) is 2. The van der Waals surface area contributed by atoms with Crippen LogP contribution in [0.1, 0.15) is 5.69 Å². The van der Waals surface area contributed by atoms with E-state index in [1.54, 1.807) is 6.07 Å². The summed E-state index contributed by atoms with van der Waals surface area (Å²) in [6.45, 7) is 0.361. The minimum absolute atomic E-state index is 0.361. The van der Waals surface area contributed by atoms with Crippen LogP contribution in [0.3, 0.4) is 0 Å². The van der Waals surface area contributed by atoms with Gasteiger partial charge in [0, 0.05) is 4.47 Å². The second-order valence-corrected chi connectivity index (χ2v) is 6.45. The number of rotatable bonds is 3. The molecule has 1 heterocycles. The van der Waals surface area contributed by atoms with E-state index < -0.39 is 0 Å². The molecule has 0 aliphatic rings. The molecular weight excluding hydrogens is 449 g/mol. The van der Waals surface area contributed by atoms with Crippen molar-refractivity contribution in [3.63, 3.8) is 0 Å². The highest BCUT2D eigenvalue weighted by atomic mass is 79.9. The molecule has 0 saturated heterocycles. The Bertz CT molecular complexity index is 554. The van der Waals surface area contributed by atoms with Crippen LogP contribution >= 0.6 is 59.4 Å². The predicted molar refractivity (Wildman–Crippen MR) is 83.1 cm³/mol. The van der Waals surface area contributed by atoms with Gasteiger partial charge in [0.15, 0.2) is 0 Å². The fourth-order valence-corrected chi connectivity index (χ4v) is 4.01. The molecule has 0 fully saturated rings. The molecule has 0 N–H and O–H groups in total. The lowest BCUT2D eigenvalue weighted by atomic mass is 10.3. The van der Waals surface area contributed by atoms with Crippen molar-refractivity contribution in [2.45, 2.75) is 6.61 Å². The lowest BCUT2D eigenvalue weighted by Crippen LogP contribution is -1.99. The van der Waals surface area contributed by atoms with Crippen LogP contribution in [0, 0.1) is 0 Å². The third-order valence-electron chi connectivity index (χ3n) is 2.10. The smallest absolute Gasteiger partial charge is 0.148 e. The van der Waals surface area contributed by atoms with Crippen LogP contribution < -0.4 is 4.74 Å². The Morgan fingerprint density at radius 1 is 1.11 bits per heavy atom. The summed E-state index contributed by atoms with van der Waals surface area (Å²) >= 11 is 16.1. The SMILES string of the molecule is Clc1cccc(COc2c(Br)cc(Br)cc2Br)n1. The van der Waals surface area contributed by atoms with E-state index in [1.807, 2.05) is 24.3 Å². The molecule has 0 aliphatic heterocycles. The van der Waals surface area contributed by atoms with Crippen molar-refractivity contribution < 1.29 is 4.74 Å². The fourth-order valence-electron chi connectivity index (χ4n) is 1.34. The number of hydrogen-bond donors (Lipinski definition) is 0. The Labute approximate surface area is 135 Å². The largest absolute Gasteiger partial charge is 0.485 e. The van der Waals surface area contributed by atoms with Crippen molar-refractivity contribution in [2.75, 3.05) is 0 Å². The van der Waals surface area contributed by atoms with Gasteiger partial charge in [0.1, 0.15) is 17.5 Å². The van der Waals surface area contributed by atoms with Crippen LogP contribution in [0.5, 0.6) is 5.75 Å². The maximum atomic E-state index is 5.82. The van der Waals surface area contributed by atoms with Gasteiger partial charge in [-0.15, -0.1) is 0 Å². The Morgan fingerprint density at radius 3 is 2.39 bits per heavy atom. The van der Waals surface area contributed by atoms with Gasteiger partial charge in [-0.2, -0.15) is 0 Å². The quantitative estimate of drug-likeness (QED) is 0.561. The summed E-state index contributed by atoms with van der Waals surface area (Å²) in [7, 11) is 0. The molecule has 18 heavy (non-hydrogen) atoms. The fraction of sp³-hybridized carbons (Fsp3) is 0.0833. The van der Waals surface area contributed by atoms with Gasteiger partial charge in [-0.3, -0.25) is 0 Å². The van der Waals surface area contributed by atoms with Gasteiger partial charge in [0.05, 0.1) is 14.6 Å². The molecule has 0 amide bonds. The second kappa shape index (κ2) is 6.37. The normalized spacial score (nSPS) is 10.4. The first-order valence-corrected chi connectivity index (χ1v) is 7.71. The average molecular weight is 456 g/mol. The molecule has 6 heteroatoms. The summed E-state index contributed by atoms with van der Waals surface area (Å²) in [6, 6.07) is 9.29. The van der Waals surface area contributed by atoms with Crippen LogP contribution in [-0.4, -0.2) is 4.98 Å². The highest BCUT2D eigenvalue weighted by Crippen LogP contribution is 2.36. The molecule has 1 aromatic carbocycles. The lowest BCUT2D eigenvalue weighted by Gasteiger charge is -2.10. The van der Waals surface area contributed by atoms with E-state index in [1.165, 1.54) is 0 Å². The zero-order valence-corrected chi connectivity index (χ0v) is 14.5. The van der Waals surface area contributed by atoms with E-state index in [-0.39, 0.29) is 0 Å². The van der Waals surface area contributed by atoms with E-state index in [9.17, 15) is 0 Å². The zero-order chi connectivity index (χ0) is 13.1. The molecule has 2 aromatic rings. The summed E-state index contributed by atoms with van der Waals surface area (Å²) in [6.07, 6.45) is 0. The first-order valence-electron chi connectivity index (χ1n) is 4.95. The minimum atomic E-state index is 0.361. The van der Waals surface area contributed by atoms with Gasteiger partial charge >= 0.3 is 0 Å². The third-order valence-corrected chi connectivity index (χ3v) is 3.95. The molecule has 2 rings (SSSR count). The Morgan fingerprint density at radius 2 is 1.78 bits per heavy atom. The van der Waals surface area contributed by atoms with Gasteiger partial charge in [-0.25, -0.2) is 4.98 Å². The van der Waals surface area contributed by atoms with Crippen LogP contribution in [0.15, 0.2) is 43.7 Å². The van der Waals surface area contributed by atoms with Gasteiger partial charge in [-0.05, 0) is 56.1 Å². The molecule has 0 spiro atoms. The Hall–Kier alpha value is -0.100. The molecule has 1 aromatic heterocycles. The average Bonchev–Trinajstić information content (AvgIpc) is 2.27. The summed E-state index contributed by atoms with van der Waals surface area (Å²) in [5, 5.41) is 0.463. The summed E-state index contributed by atoms with van der Waals surface area (Å²) in [5.41, 5.74) is 0.782. The van der Waals surface area contributed by atoms with Gasteiger partial charge in [0.2, 0.25) is 0 Å². The molecule has 0 atom stereocenters. The Kier molecular flexibility index (Phi) is 5.06. The maximum absolute atomic E-state index is 5.82. The number of halogens is 4. The van der Waals surface area contributed by atoms with E-state index in [4.69, 9.17) is 16.3 Å². The standard InChI is InChI=1S/C12H7Br3ClNO/c13-7-4-9(14)12(10(15)5-7)18-6-8-2-1-3-11(16)17-8/h1-5H,6H2. The van der Waals surface area contributed by atoms with Crippen LogP contribution in [-0.2, 0) is 6.61 Å². The van der Waals surface area contributed by atoms with E-state index in [2.05, 4.69) is 52.8 Å². The number of nitrogens with zero attached hydrogens (tertiary/aromatic N) is 1. The topological polar surface area (TPSA) is 22.1 Å². The van der Waals surface area contributed by atoms with Crippen molar-refractivity contribution in [3.05, 3.63) is 54.6 Å². The minimum Gasteiger partial charge on any atom is -0.485 e. The highest BCUT2D eigenvalue weighted by molar-refractivity contribution is 9.11. The van der Waals surface area contributed by atoms with E-state index >= 15 is 0 Å². The maximum Gasteiger partial charge on any atom is 0.148 e. The molecule has 0 radical (unpaired) electrons. The van der Waals surface area contributed by atoms with Crippen LogP contribution in [0.4, 0.5) is 0 Å². The molecule has 2 nitrogen and oxygen atoms in total. The molecule has 0 bridgehead atoms. The van der Waals surface area contributed by atoms with Crippen LogP contribution in [0.2, 0.25) is 5.15 Å². The van der Waals surface area contributed by atoms with Crippen molar-refractivity contribution >= 4 is 59.4 Å². The number of benzene rings is 1. The summed E-state index contributed by atoms with van der Waals surface area (Å²) in [4.78, 5) is 4.17. The lowest BCUT2D eigenvalue weighted by molar-refractivity contribution is 0.297. The van der Waals surface area contributed by atoms with E-state index in [0.717, 1.165) is 24.9 Å². The molecular formula is C12H7Br3ClNO. The molecule has 0 aliphatic carbocycles. The van der Waals surface area contributed by atoms with Crippen molar-refractivity contribution in [2.24, 2.45) is 0 Å². The summed E-state index contributed by atoms with van der Waals surface area (Å²) in [5.74, 6) is 0.736. The van der Waals surface area contributed by atoms with Gasteiger partial charge < -0.3 is 4.74 Å². The Balaban J connectivity index is 2.16. The van der Waals surface area contributed by atoms with Crippen molar-refractivity contribution in [3.8, 4) is 5.75 Å². The van der Waals surface area contributed by atoms with Crippen LogP contribution in [0.25, 0.3) is 0 Å². The van der Waals surface area contributed by atoms with Gasteiger partial charge in [-0.1, -0.05) is 33.6 Å². The monoisotopic (exact) mass is 453 g/mol. The second-order valence-electron chi connectivity index (χ2n) is 3.44. The zero-order valence-electron chi connectivity index (χ0n) is 8.96. The number of aromatic nitrogens is 1. The molecule has 0 unspecified atom stereocenters. The van der Waals surface area contributed by atoms with Gasteiger partial charge in [0.25, 0.3) is 0 Å². The molecule has 0 saturated carbocycles. The predicted octanol–water partition coefficient (Wildman–Crippen LogP) is 5.60. The van der Waals surface area contributed by atoms with E-state index in [0.29, 0.717) is 11.8 Å². The third kappa shape index (κ3) is 3.70. The highest BCUT2D eigenvalue weighted by Gasteiger charge is 2.08. The number of pyridine rings is 1. The molecule has 94 valence electrons. The first kappa shape index (κ1) is 14.3. The first-order chi connectivity index (χ1) is 8.56. The number of ether oxygens (including phenoxy) is 1. The van der Waals surface area contributed by atoms with Crippen molar-refractivity contribution in [1.29, 1.82) is 0 Å². The summed E-state index contributed by atoms with van der Waals surface area (Å²) < 4.78 is 8.43. The van der Waals surface area contributed by atoms with Crippen molar-refractivity contribution in [1.82, 2.24) is 4.98 Å².